The van der Waals surface area contributed by atoms with Crippen molar-refractivity contribution in [3.63, 3.8) is 0 Å². The van der Waals surface area contributed by atoms with Gasteiger partial charge in [-0.3, -0.25) is 4.79 Å². The Balaban J connectivity index is 1.83. The smallest absolute Gasteiger partial charge is 0.309 e. The van der Waals surface area contributed by atoms with Crippen molar-refractivity contribution in [3.8, 4) is 0 Å². The number of hydrogen-bond acceptors (Lipinski definition) is 4. The molecule has 4 heteroatoms. The first-order chi connectivity index (χ1) is 9.79. The highest BCUT2D eigenvalue weighted by Crippen LogP contribution is 2.14. The second-order valence-corrected chi connectivity index (χ2v) is 5.24. The molecule has 1 heterocycles. The van der Waals surface area contributed by atoms with Crippen LogP contribution in [-0.2, 0) is 27.2 Å². The van der Waals surface area contributed by atoms with Gasteiger partial charge in [0.05, 0.1) is 20.1 Å². The number of esters is 1. The van der Waals surface area contributed by atoms with E-state index in [-0.39, 0.29) is 5.97 Å². The van der Waals surface area contributed by atoms with Gasteiger partial charge in [0.25, 0.3) is 0 Å². The number of carbonyl (C=O) groups is 1. The Kier molecular flexibility index (Phi) is 6.02. The molecule has 0 amide bonds. The number of carbonyl (C=O) groups excluding carboxylic acids is 1. The predicted octanol–water partition coefficient (Wildman–Crippen LogP) is 1.92. The number of benzene rings is 1. The van der Waals surface area contributed by atoms with E-state index in [1.807, 2.05) is 18.2 Å². The van der Waals surface area contributed by atoms with Gasteiger partial charge in [0, 0.05) is 19.7 Å². The maximum Gasteiger partial charge on any atom is 0.309 e. The van der Waals surface area contributed by atoms with Crippen LogP contribution in [0, 0.1) is 5.92 Å². The van der Waals surface area contributed by atoms with E-state index in [9.17, 15) is 4.79 Å². The van der Waals surface area contributed by atoms with Gasteiger partial charge in [-0.15, -0.1) is 0 Å². The summed E-state index contributed by atoms with van der Waals surface area (Å²) >= 11 is 0. The van der Waals surface area contributed by atoms with Crippen LogP contribution in [0.5, 0.6) is 0 Å². The van der Waals surface area contributed by atoms with Crippen LogP contribution in [0.4, 0.5) is 0 Å². The number of ether oxygens (including phenoxy) is 2. The number of methoxy groups -OCH3 is 1. The molecule has 0 radical (unpaired) electrons. The highest BCUT2D eigenvalue weighted by molar-refractivity contribution is 5.72. The molecule has 1 N–H and O–H groups in total. The van der Waals surface area contributed by atoms with Gasteiger partial charge in [-0.05, 0) is 29.9 Å². The summed E-state index contributed by atoms with van der Waals surface area (Å²) in [6, 6.07) is 8.00. The summed E-state index contributed by atoms with van der Waals surface area (Å²) in [5.74, 6) is 0.412. The third-order valence-corrected chi connectivity index (χ3v) is 3.68. The molecule has 1 aliphatic heterocycles. The van der Waals surface area contributed by atoms with Crippen molar-refractivity contribution in [2.24, 2.45) is 5.92 Å². The number of nitrogens with one attached hydrogen (secondary N) is 1. The Bertz CT molecular complexity index is 427. The second kappa shape index (κ2) is 8.02. The van der Waals surface area contributed by atoms with Crippen LogP contribution in [0.15, 0.2) is 24.3 Å². The number of hydrogen-bond donors (Lipinski definition) is 1. The van der Waals surface area contributed by atoms with E-state index in [1.54, 1.807) is 0 Å². The van der Waals surface area contributed by atoms with Crippen molar-refractivity contribution in [2.75, 3.05) is 26.9 Å². The van der Waals surface area contributed by atoms with Crippen molar-refractivity contribution in [2.45, 2.75) is 25.8 Å². The van der Waals surface area contributed by atoms with Gasteiger partial charge in [0.1, 0.15) is 0 Å². The van der Waals surface area contributed by atoms with Crippen molar-refractivity contribution in [1.82, 2.24) is 5.32 Å². The normalized spacial score (nSPS) is 18.8. The van der Waals surface area contributed by atoms with E-state index in [0.29, 0.717) is 12.3 Å². The van der Waals surface area contributed by atoms with Crippen molar-refractivity contribution >= 4 is 5.97 Å². The largest absolute Gasteiger partial charge is 0.469 e. The van der Waals surface area contributed by atoms with E-state index in [2.05, 4.69) is 11.4 Å². The molecule has 1 atom stereocenters. The van der Waals surface area contributed by atoms with Crippen LogP contribution < -0.4 is 5.32 Å². The minimum atomic E-state index is -0.196. The molecule has 0 spiro atoms. The first-order valence-electron chi connectivity index (χ1n) is 7.21. The summed E-state index contributed by atoms with van der Waals surface area (Å²) in [5, 5.41) is 3.47. The summed E-state index contributed by atoms with van der Waals surface area (Å²) in [7, 11) is 1.42. The van der Waals surface area contributed by atoms with E-state index >= 15 is 0 Å². The van der Waals surface area contributed by atoms with Gasteiger partial charge in [-0.1, -0.05) is 24.3 Å². The van der Waals surface area contributed by atoms with E-state index in [1.165, 1.54) is 13.5 Å². The Morgan fingerprint density at radius 2 is 2.20 bits per heavy atom. The van der Waals surface area contributed by atoms with E-state index in [0.717, 1.165) is 43.9 Å². The Morgan fingerprint density at radius 1 is 1.40 bits per heavy atom. The monoisotopic (exact) mass is 277 g/mol. The minimum Gasteiger partial charge on any atom is -0.469 e. The summed E-state index contributed by atoms with van der Waals surface area (Å²) in [4.78, 5) is 11.4. The molecule has 110 valence electrons. The maximum atomic E-state index is 11.4. The second-order valence-electron chi connectivity index (χ2n) is 5.24. The van der Waals surface area contributed by atoms with Gasteiger partial charge >= 0.3 is 5.97 Å². The van der Waals surface area contributed by atoms with Crippen molar-refractivity contribution in [3.05, 3.63) is 35.4 Å². The van der Waals surface area contributed by atoms with Gasteiger partial charge in [-0.25, -0.2) is 0 Å². The van der Waals surface area contributed by atoms with Gasteiger partial charge in [-0.2, -0.15) is 0 Å². The van der Waals surface area contributed by atoms with Crippen LogP contribution in [-0.4, -0.2) is 32.8 Å². The highest BCUT2D eigenvalue weighted by Gasteiger charge is 2.13. The first kappa shape index (κ1) is 15.0. The molecule has 0 aromatic heterocycles. The Morgan fingerprint density at radius 3 is 2.90 bits per heavy atom. The summed E-state index contributed by atoms with van der Waals surface area (Å²) in [6.45, 7) is 3.51. The third-order valence-electron chi connectivity index (χ3n) is 3.68. The van der Waals surface area contributed by atoms with Gasteiger partial charge in [0.15, 0.2) is 0 Å². The fourth-order valence-corrected chi connectivity index (χ4v) is 2.51. The highest BCUT2D eigenvalue weighted by atomic mass is 16.5. The molecule has 0 bridgehead atoms. The average Bonchev–Trinajstić information content (AvgIpc) is 2.50. The molecular weight excluding hydrogens is 254 g/mol. The first-order valence-corrected chi connectivity index (χ1v) is 7.21. The van der Waals surface area contributed by atoms with E-state index < -0.39 is 0 Å². The van der Waals surface area contributed by atoms with Gasteiger partial charge in [0.2, 0.25) is 0 Å². The summed E-state index contributed by atoms with van der Waals surface area (Å²) in [5.41, 5.74) is 2.20. The molecule has 4 nitrogen and oxygen atoms in total. The molecule has 1 aromatic rings. The van der Waals surface area contributed by atoms with Crippen LogP contribution in [0.1, 0.15) is 24.0 Å². The topological polar surface area (TPSA) is 47.6 Å². The molecule has 2 rings (SSSR count). The molecule has 0 aliphatic carbocycles. The molecule has 1 saturated heterocycles. The summed E-state index contributed by atoms with van der Waals surface area (Å²) < 4.78 is 10.2. The zero-order chi connectivity index (χ0) is 14.2. The van der Waals surface area contributed by atoms with Crippen LogP contribution in [0.2, 0.25) is 0 Å². The molecule has 1 aromatic carbocycles. The lowest BCUT2D eigenvalue weighted by molar-refractivity contribution is -0.139. The Hall–Kier alpha value is -1.39. The standard InChI is InChI=1S/C16H23NO3/c1-19-16(18)9-14-6-2-3-7-15(14)11-17-10-13-5-4-8-20-12-13/h2-3,6-7,13,17H,4-5,8-12H2,1H3. The molecule has 1 unspecified atom stereocenters. The fourth-order valence-electron chi connectivity index (χ4n) is 2.51. The van der Waals surface area contributed by atoms with Crippen molar-refractivity contribution in [1.29, 1.82) is 0 Å². The Labute approximate surface area is 120 Å². The lowest BCUT2D eigenvalue weighted by atomic mass is 10.0. The molecule has 1 aliphatic rings. The summed E-state index contributed by atoms with van der Waals surface area (Å²) in [6.07, 6.45) is 2.73. The maximum absolute atomic E-state index is 11.4. The van der Waals surface area contributed by atoms with Crippen LogP contribution in [0.3, 0.4) is 0 Å². The lowest BCUT2D eigenvalue weighted by Crippen LogP contribution is -2.29. The fraction of sp³-hybridized carbons (Fsp3) is 0.562. The molecule has 20 heavy (non-hydrogen) atoms. The molecule has 0 saturated carbocycles. The van der Waals surface area contributed by atoms with Crippen LogP contribution >= 0.6 is 0 Å². The zero-order valence-corrected chi connectivity index (χ0v) is 12.1. The minimum absolute atomic E-state index is 0.196. The third kappa shape index (κ3) is 4.62. The van der Waals surface area contributed by atoms with E-state index in [4.69, 9.17) is 9.47 Å². The SMILES string of the molecule is COC(=O)Cc1ccccc1CNCC1CCCOC1. The quantitative estimate of drug-likeness (QED) is 0.807. The molecule has 1 fully saturated rings. The van der Waals surface area contributed by atoms with Crippen molar-refractivity contribution < 1.29 is 14.3 Å². The molecular formula is C16H23NO3. The van der Waals surface area contributed by atoms with Gasteiger partial charge < -0.3 is 14.8 Å². The zero-order valence-electron chi connectivity index (χ0n) is 12.1. The van der Waals surface area contributed by atoms with Crippen LogP contribution in [0.25, 0.3) is 0 Å². The number of rotatable bonds is 6. The lowest BCUT2D eigenvalue weighted by Gasteiger charge is -2.22. The average molecular weight is 277 g/mol. The predicted molar refractivity (Wildman–Crippen MR) is 77.4 cm³/mol.